The van der Waals surface area contributed by atoms with Gasteiger partial charge in [0, 0.05) is 0 Å². The van der Waals surface area contributed by atoms with Crippen molar-refractivity contribution in [3.8, 4) is 0 Å². The van der Waals surface area contributed by atoms with Gasteiger partial charge in [-0.25, -0.2) is 0 Å². The highest BCUT2D eigenvalue weighted by Gasteiger charge is 2.30. The lowest BCUT2D eigenvalue weighted by Crippen LogP contribution is -2.28. The molecule has 1 fully saturated rings. The first-order chi connectivity index (χ1) is 6.79. The van der Waals surface area contributed by atoms with E-state index in [1.54, 1.807) is 0 Å². The van der Waals surface area contributed by atoms with E-state index in [4.69, 9.17) is 4.74 Å². The number of methoxy groups -OCH3 is 1. The maximum Gasteiger partial charge on any atom is 0.308 e. The molecule has 0 aromatic rings. The van der Waals surface area contributed by atoms with Gasteiger partial charge in [-0.1, -0.05) is 32.6 Å². The van der Waals surface area contributed by atoms with Crippen LogP contribution in [0.1, 0.15) is 51.9 Å². The van der Waals surface area contributed by atoms with E-state index in [0.717, 1.165) is 6.42 Å². The molecule has 14 heavy (non-hydrogen) atoms. The predicted molar refractivity (Wildman–Crippen MR) is 57.0 cm³/mol. The quantitative estimate of drug-likeness (QED) is 0.649. The fraction of sp³-hybridized carbons (Fsp3) is 0.917. The SMILES string of the molecule is CCCCC1CCCCC1C(=O)OC. The molecule has 2 heteroatoms. The second-order valence-corrected chi connectivity index (χ2v) is 4.32. The van der Waals surface area contributed by atoms with Gasteiger partial charge >= 0.3 is 5.97 Å². The van der Waals surface area contributed by atoms with Crippen molar-refractivity contribution in [1.82, 2.24) is 0 Å². The van der Waals surface area contributed by atoms with Crippen LogP contribution in [0.4, 0.5) is 0 Å². The number of esters is 1. The molecule has 82 valence electrons. The summed E-state index contributed by atoms with van der Waals surface area (Å²) in [7, 11) is 1.51. The monoisotopic (exact) mass is 198 g/mol. The summed E-state index contributed by atoms with van der Waals surface area (Å²) in [4.78, 5) is 11.5. The van der Waals surface area contributed by atoms with Gasteiger partial charge in [-0.3, -0.25) is 4.79 Å². The van der Waals surface area contributed by atoms with Crippen LogP contribution in [-0.2, 0) is 9.53 Å². The highest BCUT2D eigenvalue weighted by atomic mass is 16.5. The Kier molecular flexibility index (Phi) is 4.99. The lowest BCUT2D eigenvalue weighted by Gasteiger charge is -2.29. The number of carbonyl (C=O) groups excluding carboxylic acids is 1. The number of hydrogen-bond donors (Lipinski definition) is 0. The average molecular weight is 198 g/mol. The lowest BCUT2D eigenvalue weighted by molar-refractivity contribution is -0.148. The zero-order chi connectivity index (χ0) is 10.4. The second kappa shape index (κ2) is 6.05. The van der Waals surface area contributed by atoms with E-state index >= 15 is 0 Å². The third-order valence-corrected chi connectivity index (χ3v) is 3.34. The van der Waals surface area contributed by atoms with Crippen LogP contribution < -0.4 is 0 Å². The fourth-order valence-corrected chi connectivity index (χ4v) is 2.48. The van der Waals surface area contributed by atoms with E-state index in [2.05, 4.69) is 6.92 Å². The van der Waals surface area contributed by atoms with Crippen LogP contribution in [0.25, 0.3) is 0 Å². The van der Waals surface area contributed by atoms with Gasteiger partial charge in [0.05, 0.1) is 13.0 Å². The first kappa shape index (κ1) is 11.5. The number of carbonyl (C=O) groups is 1. The highest BCUT2D eigenvalue weighted by Crippen LogP contribution is 2.34. The third kappa shape index (κ3) is 3.00. The molecule has 2 unspecified atom stereocenters. The van der Waals surface area contributed by atoms with E-state index in [1.165, 1.54) is 45.6 Å². The van der Waals surface area contributed by atoms with Crippen molar-refractivity contribution in [2.24, 2.45) is 11.8 Å². The summed E-state index contributed by atoms with van der Waals surface area (Å²) in [6.07, 6.45) is 8.43. The Balaban J connectivity index is 2.45. The molecule has 1 aliphatic carbocycles. The molecule has 0 spiro atoms. The molecule has 0 heterocycles. The summed E-state index contributed by atoms with van der Waals surface area (Å²) < 4.78 is 4.86. The lowest BCUT2D eigenvalue weighted by atomic mass is 9.77. The molecule has 0 amide bonds. The van der Waals surface area contributed by atoms with Crippen LogP contribution >= 0.6 is 0 Å². The first-order valence-corrected chi connectivity index (χ1v) is 5.87. The predicted octanol–water partition coefficient (Wildman–Crippen LogP) is 3.16. The maximum absolute atomic E-state index is 11.5. The van der Waals surface area contributed by atoms with E-state index < -0.39 is 0 Å². The summed E-state index contributed by atoms with van der Waals surface area (Å²) >= 11 is 0. The number of unbranched alkanes of at least 4 members (excludes halogenated alkanes) is 1. The van der Waals surface area contributed by atoms with Crippen LogP contribution in [0.5, 0.6) is 0 Å². The van der Waals surface area contributed by atoms with Crippen molar-refractivity contribution in [3.05, 3.63) is 0 Å². The van der Waals surface area contributed by atoms with Crippen molar-refractivity contribution in [2.45, 2.75) is 51.9 Å². The third-order valence-electron chi connectivity index (χ3n) is 3.34. The zero-order valence-electron chi connectivity index (χ0n) is 9.42. The normalized spacial score (nSPS) is 27.3. The molecule has 1 saturated carbocycles. The molecule has 0 aliphatic heterocycles. The van der Waals surface area contributed by atoms with Gasteiger partial charge in [0.2, 0.25) is 0 Å². The Morgan fingerprint density at radius 2 is 2.07 bits per heavy atom. The van der Waals surface area contributed by atoms with Gasteiger partial charge in [-0.15, -0.1) is 0 Å². The Labute approximate surface area is 87.0 Å². The smallest absolute Gasteiger partial charge is 0.308 e. The summed E-state index contributed by atoms with van der Waals surface area (Å²) in [6, 6.07) is 0. The van der Waals surface area contributed by atoms with E-state index in [9.17, 15) is 4.79 Å². The molecule has 0 saturated heterocycles. The van der Waals surface area contributed by atoms with Crippen molar-refractivity contribution in [3.63, 3.8) is 0 Å². The van der Waals surface area contributed by atoms with Gasteiger partial charge in [-0.2, -0.15) is 0 Å². The highest BCUT2D eigenvalue weighted by molar-refractivity contribution is 5.72. The van der Waals surface area contributed by atoms with E-state index in [0.29, 0.717) is 5.92 Å². The van der Waals surface area contributed by atoms with Crippen molar-refractivity contribution in [2.75, 3.05) is 7.11 Å². The van der Waals surface area contributed by atoms with Gasteiger partial charge in [0.25, 0.3) is 0 Å². The number of hydrogen-bond acceptors (Lipinski definition) is 2. The second-order valence-electron chi connectivity index (χ2n) is 4.32. The molecule has 0 aromatic carbocycles. The molecule has 0 N–H and O–H groups in total. The molecule has 1 aliphatic rings. The van der Waals surface area contributed by atoms with Gasteiger partial charge < -0.3 is 4.74 Å². The summed E-state index contributed by atoms with van der Waals surface area (Å²) in [5.74, 6) is 0.808. The summed E-state index contributed by atoms with van der Waals surface area (Å²) in [5, 5.41) is 0. The molecule has 2 nitrogen and oxygen atoms in total. The molecule has 0 aromatic heterocycles. The maximum atomic E-state index is 11.5. The zero-order valence-corrected chi connectivity index (χ0v) is 9.42. The Bertz CT molecular complexity index is 177. The van der Waals surface area contributed by atoms with Crippen LogP contribution in [0, 0.1) is 11.8 Å². The van der Waals surface area contributed by atoms with Crippen LogP contribution in [0.15, 0.2) is 0 Å². The first-order valence-electron chi connectivity index (χ1n) is 5.87. The fourth-order valence-electron chi connectivity index (χ4n) is 2.48. The average Bonchev–Trinajstić information content (AvgIpc) is 2.25. The van der Waals surface area contributed by atoms with Crippen LogP contribution in [-0.4, -0.2) is 13.1 Å². The minimum atomic E-state index is 0.0193. The van der Waals surface area contributed by atoms with Crippen LogP contribution in [0.2, 0.25) is 0 Å². The molecule has 0 bridgehead atoms. The van der Waals surface area contributed by atoms with Gasteiger partial charge in [0.15, 0.2) is 0 Å². The molecule has 0 radical (unpaired) electrons. The Morgan fingerprint density at radius 3 is 2.71 bits per heavy atom. The molecular weight excluding hydrogens is 176 g/mol. The van der Waals surface area contributed by atoms with Crippen molar-refractivity contribution in [1.29, 1.82) is 0 Å². The Morgan fingerprint density at radius 1 is 1.36 bits per heavy atom. The van der Waals surface area contributed by atoms with E-state index in [1.807, 2.05) is 0 Å². The van der Waals surface area contributed by atoms with Crippen molar-refractivity contribution >= 4 is 5.97 Å². The number of ether oxygens (including phenoxy) is 1. The summed E-state index contributed by atoms with van der Waals surface area (Å²) in [5.41, 5.74) is 0. The molecule has 1 rings (SSSR count). The Hall–Kier alpha value is -0.530. The summed E-state index contributed by atoms with van der Waals surface area (Å²) in [6.45, 7) is 2.20. The topological polar surface area (TPSA) is 26.3 Å². The van der Waals surface area contributed by atoms with Crippen LogP contribution in [0.3, 0.4) is 0 Å². The standard InChI is InChI=1S/C12H22O2/c1-3-4-7-10-8-5-6-9-11(10)12(13)14-2/h10-11H,3-9H2,1-2H3. The molecule has 2 atom stereocenters. The molecular formula is C12H22O2. The van der Waals surface area contributed by atoms with Gasteiger partial charge in [-0.05, 0) is 25.2 Å². The number of rotatable bonds is 4. The minimum Gasteiger partial charge on any atom is -0.469 e. The van der Waals surface area contributed by atoms with Gasteiger partial charge in [0.1, 0.15) is 0 Å². The largest absolute Gasteiger partial charge is 0.469 e. The van der Waals surface area contributed by atoms with E-state index in [-0.39, 0.29) is 11.9 Å². The van der Waals surface area contributed by atoms with Crippen molar-refractivity contribution < 1.29 is 9.53 Å². The minimum absolute atomic E-state index is 0.0193.